The Morgan fingerprint density at radius 3 is 2.81 bits per heavy atom. The Hall–Kier alpha value is -0.930. The quantitative estimate of drug-likeness (QED) is 0.776. The molecule has 0 aliphatic rings. The Balaban J connectivity index is 2.44. The Bertz CT molecular complexity index is 298. The van der Waals surface area contributed by atoms with E-state index in [1.54, 1.807) is 6.20 Å². The number of rotatable bonds is 6. The molecule has 0 aliphatic heterocycles. The zero-order chi connectivity index (χ0) is 12.0. The molecule has 2 atom stereocenters. The van der Waals surface area contributed by atoms with E-state index in [-0.39, 0.29) is 6.04 Å². The molecule has 0 aromatic carbocycles. The molecule has 0 aliphatic carbocycles. The molecule has 0 saturated heterocycles. The molecule has 90 valence electrons. The van der Waals surface area contributed by atoms with Crippen molar-refractivity contribution >= 4 is 0 Å². The highest BCUT2D eigenvalue weighted by molar-refractivity contribution is 5.07. The van der Waals surface area contributed by atoms with Gasteiger partial charge in [-0.25, -0.2) is 0 Å². The van der Waals surface area contributed by atoms with Gasteiger partial charge in [0.2, 0.25) is 0 Å². The van der Waals surface area contributed by atoms with Gasteiger partial charge in [0.1, 0.15) is 0 Å². The molecule has 1 heterocycles. The van der Waals surface area contributed by atoms with Crippen molar-refractivity contribution in [3.05, 3.63) is 30.1 Å². The third-order valence-electron chi connectivity index (χ3n) is 2.71. The molecule has 3 heteroatoms. The Kier molecular flexibility index (Phi) is 4.90. The van der Waals surface area contributed by atoms with E-state index in [1.807, 2.05) is 25.1 Å². The minimum atomic E-state index is -0.627. The normalized spacial score (nSPS) is 16.8. The van der Waals surface area contributed by atoms with E-state index in [0.29, 0.717) is 6.54 Å². The predicted molar refractivity (Wildman–Crippen MR) is 66.2 cm³/mol. The number of aromatic nitrogens is 1. The van der Waals surface area contributed by atoms with Gasteiger partial charge in [-0.1, -0.05) is 19.4 Å². The Morgan fingerprint density at radius 1 is 1.50 bits per heavy atom. The first-order valence-corrected chi connectivity index (χ1v) is 5.92. The van der Waals surface area contributed by atoms with E-state index < -0.39 is 5.60 Å². The molecule has 0 amide bonds. The van der Waals surface area contributed by atoms with Gasteiger partial charge in [0.05, 0.1) is 11.3 Å². The Labute approximate surface area is 97.9 Å². The third-order valence-corrected chi connectivity index (χ3v) is 2.71. The number of aliphatic hydroxyl groups is 1. The summed E-state index contributed by atoms with van der Waals surface area (Å²) in [5.74, 6) is 0. The summed E-state index contributed by atoms with van der Waals surface area (Å²) in [4.78, 5) is 4.28. The van der Waals surface area contributed by atoms with Crippen LogP contribution in [0, 0.1) is 0 Å². The zero-order valence-electron chi connectivity index (χ0n) is 10.4. The summed E-state index contributed by atoms with van der Waals surface area (Å²) < 4.78 is 0. The number of nitrogens with one attached hydrogen (secondary N) is 1. The standard InChI is InChI=1S/C13H22N2O/c1-4-8-13(3,16)10-15-11(2)12-7-5-6-9-14-12/h5-7,9,11,15-16H,4,8,10H2,1-3H3. The van der Waals surface area contributed by atoms with Gasteiger partial charge in [0.15, 0.2) is 0 Å². The van der Waals surface area contributed by atoms with Crippen LogP contribution in [0.5, 0.6) is 0 Å². The van der Waals surface area contributed by atoms with E-state index in [9.17, 15) is 5.11 Å². The van der Waals surface area contributed by atoms with Crippen LogP contribution >= 0.6 is 0 Å². The van der Waals surface area contributed by atoms with E-state index in [1.165, 1.54) is 0 Å². The highest BCUT2D eigenvalue weighted by Crippen LogP contribution is 2.13. The maximum absolute atomic E-state index is 10.0. The second kappa shape index (κ2) is 5.97. The van der Waals surface area contributed by atoms with Crippen molar-refractivity contribution in [1.29, 1.82) is 0 Å². The molecule has 1 rings (SSSR count). The monoisotopic (exact) mass is 222 g/mol. The molecule has 1 aromatic rings. The van der Waals surface area contributed by atoms with Crippen LogP contribution in [0.4, 0.5) is 0 Å². The molecule has 0 spiro atoms. The van der Waals surface area contributed by atoms with Gasteiger partial charge in [-0.3, -0.25) is 4.98 Å². The highest BCUT2D eigenvalue weighted by Gasteiger charge is 2.19. The van der Waals surface area contributed by atoms with E-state index >= 15 is 0 Å². The van der Waals surface area contributed by atoms with E-state index in [2.05, 4.69) is 24.1 Å². The van der Waals surface area contributed by atoms with Gasteiger partial charge in [0, 0.05) is 18.8 Å². The number of hydrogen-bond acceptors (Lipinski definition) is 3. The van der Waals surface area contributed by atoms with E-state index in [4.69, 9.17) is 0 Å². The lowest BCUT2D eigenvalue weighted by Crippen LogP contribution is -2.38. The number of pyridine rings is 1. The summed E-state index contributed by atoms with van der Waals surface area (Å²) in [5.41, 5.74) is 0.382. The predicted octanol–water partition coefficient (Wildman–Crippen LogP) is 2.28. The van der Waals surface area contributed by atoms with Crippen molar-refractivity contribution in [2.75, 3.05) is 6.54 Å². The first-order chi connectivity index (χ1) is 7.55. The average molecular weight is 222 g/mol. The maximum Gasteiger partial charge on any atom is 0.0743 e. The molecule has 0 radical (unpaired) electrons. The van der Waals surface area contributed by atoms with Crippen LogP contribution in [0.2, 0.25) is 0 Å². The van der Waals surface area contributed by atoms with Crippen molar-refractivity contribution in [2.24, 2.45) is 0 Å². The third kappa shape index (κ3) is 4.29. The fourth-order valence-corrected chi connectivity index (χ4v) is 1.74. The van der Waals surface area contributed by atoms with Crippen LogP contribution < -0.4 is 5.32 Å². The molecule has 0 bridgehead atoms. The van der Waals surface area contributed by atoms with E-state index in [0.717, 1.165) is 18.5 Å². The van der Waals surface area contributed by atoms with Gasteiger partial charge in [-0.15, -0.1) is 0 Å². The second-order valence-electron chi connectivity index (χ2n) is 4.60. The van der Waals surface area contributed by atoms with Gasteiger partial charge in [-0.05, 0) is 32.4 Å². The van der Waals surface area contributed by atoms with Gasteiger partial charge < -0.3 is 10.4 Å². The molecule has 16 heavy (non-hydrogen) atoms. The van der Waals surface area contributed by atoms with Crippen LogP contribution in [0.1, 0.15) is 45.3 Å². The van der Waals surface area contributed by atoms with Crippen LogP contribution in [-0.2, 0) is 0 Å². The van der Waals surface area contributed by atoms with Crippen LogP contribution in [0.15, 0.2) is 24.4 Å². The minimum Gasteiger partial charge on any atom is -0.389 e. The number of nitrogens with zero attached hydrogens (tertiary/aromatic N) is 1. The minimum absolute atomic E-state index is 0.171. The van der Waals surface area contributed by atoms with Gasteiger partial charge >= 0.3 is 0 Å². The number of hydrogen-bond donors (Lipinski definition) is 2. The van der Waals surface area contributed by atoms with Crippen molar-refractivity contribution in [1.82, 2.24) is 10.3 Å². The van der Waals surface area contributed by atoms with Gasteiger partial charge in [0.25, 0.3) is 0 Å². The van der Waals surface area contributed by atoms with Gasteiger partial charge in [-0.2, -0.15) is 0 Å². The lowest BCUT2D eigenvalue weighted by Gasteiger charge is -2.25. The van der Waals surface area contributed by atoms with Crippen molar-refractivity contribution in [3.63, 3.8) is 0 Å². The molecular weight excluding hydrogens is 200 g/mol. The molecule has 3 nitrogen and oxygen atoms in total. The van der Waals surface area contributed by atoms with Crippen LogP contribution in [-0.4, -0.2) is 22.2 Å². The molecule has 1 aromatic heterocycles. The summed E-state index contributed by atoms with van der Waals surface area (Å²) >= 11 is 0. The zero-order valence-corrected chi connectivity index (χ0v) is 10.4. The SMILES string of the molecule is CCCC(C)(O)CNC(C)c1ccccn1. The van der Waals surface area contributed by atoms with Crippen molar-refractivity contribution in [2.45, 2.75) is 45.3 Å². The summed E-state index contributed by atoms with van der Waals surface area (Å²) in [6.07, 6.45) is 3.60. The smallest absolute Gasteiger partial charge is 0.0743 e. The second-order valence-corrected chi connectivity index (χ2v) is 4.60. The van der Waals surface area contributed by atoms with Crippen LogP contribution in [0.3, 0.4) is 0 Å². The van der Waals surface area contributed by atoms with Crippen molar-refractivity contribution in [3.8, 4) is 0 Å². The fourth-order valence-electron chi connectivity index (χ4n) is 1.74. The molecule has 2 unspecified atom stereocenters. The summed E-state index contributed by atoms with van der Waals surface area (Å²) in [7, 11) is 0. The lowest BCUT2D eigenvalue weighted by molar-refractivity contribution is 0.0475. The summed E-state index contributed by atoms with van der Waals surface area (Å²) in [5, 5.41) is 13.3. The average Bonchev–Trinajstić information content (AvgIpc) is 2.27. The molecule has 0 fully saturated rings. The molecule has 2 N–H and O–H groups in total. The Morgan fingerprint density at radius 2 is 2.25 bits per heavy atom. The first-order valence-electron chi connectivity index (χ1n) is 5.92. The molecule has 0 saturated carbocycles. The fraction of sp³-hybridized carbons (Fsp3) is 0.615. The first kappa shape index (κ1) is 13.1. The molecular formula is C13H22N2O. The highest BCUT2D eigenvalue weighted by atomic mass is 16.3. The maximum atomic E-state index is 10.0. The van der Waals surface area contributed by atoms with Crippen LogP contribution in [0.25, 0.3) is 0 Å². The van der Waals surface area contributed by atoms with Crippen molar-refractivity contribution < 1.29 is 5.11 Å². The topological polar surface area (TPSA) is 45.1 Å². The summed E-state index contributed by atoms with van der Waals surface area (Å²) in [6, 6.07) is 6.05. The lowest BCUT2D eigenvalue weighted by atomic mass is 10.0. The largest absolute Gasteiger partial charge is 0.389 e. The summed E-state index contributed by atoms with van der Waals surface area (Å²) in [6.45, 7) is 6.61.